The Morgan fingerprint density at radius 1 is 1.50 bits per heavy atom. The Morgan fingerprint density at radius 2 is 2.25 bits per heavy atom. The van der Waals surface area contributed by atoms with Crippen LogP contribution in [0.4, 0.5) is 8.78 Å². The predicted molar refractivity (Wildman–Crippen MR) is 69.7 cm³/mol. The van der Waals surface area contributed by atoms with E-state index >= 15 is 0 Å². The highest BCUT2D eigenvalue weighted by Crippen LogP contribution is 2.26. The lowest BCUT2D eigenvalue weighted by atomic mass is 10.3. The van der Waals surface area contributed by atoms with Crippen molar-refractivity contribution in [2.45, 2.75) is 24.1 Å². The van der Waals surface area contributed by atoms with Gasteiger partial charge in [0.25, 0.3) is 11.7 Å². The maximum atomic E-state index is 12.3. The van der Waals surface area contributed by atoms with Gasteiger partial charge in [0, 0.05) is 12.7 Å². The molecule has 8 heteroatoms. The van der Waals surface area contributed by atoms with Gasteiger partial charge in [0.05, 0.1) is 5.56 Å². The van der Waals surface area contributed by atoms with E-state index in [0.717, 1.165) is 6.42 Å². The van der Waals surface area contributed by atoms with E-state index in [1.807, 2.05) is 6.92 Å². The number of alkyl halides is 2. The second kappa shape index (κ2) is 8.47. The summed E-state index contributed by atoms with van der Waals surface area (Å²) in [5.74, 6) is -3.98. The number of ether oxygens (including phenoxy) is 1. The Labute approximate surface area is 119 Å². The highest BCUT2D eigenvalue weighted by molar-refractivity contribution is 7.99. The number of nitrogens with zero attached hydrogens (tertiary/aromatic N) is 1. The van der Waals surface area contributed by atoms with Crippen molar-refractivity contribution in [1.29, 1.82) is 0 Å². The van der Waals surface area contributed by atoms with Gasteiger partial charge in [-0.05, 0) is 30.3 Å². The fraction of sp³-hybridized carbons (Fsp3) is 0.417. The molecule has 0 aromatic carbocycles. The molecule has 1 N–H and O–H groups in total. The highest BCUT2D eigenvalue weighted by atomic mass is 32.2. The summed E-state index contributed by atoms with van der Waals surface area (Å²) in [4.78, 5) is 26.7. The minimum Gasteiger partial charge on any atom is -0.452 e. The maximum absolute atomic E-state index is 12.3. The third-order valence-electron chi connectivity index (χ3n) is 2.10. The van der Waals surface area contributed by atoms with Crippen LogP contribution in [0.5, 0.6) is 0 Å². The van der Waals surface area contributed by atoms with Crippen LogP contribution in [0.1, 0.15) is 23.7 Å². The quantitative estimate of drug-likeness (QED) is 0.617. The Balaban J connectivity index is 2.61. The average molecular weight is 304 g/mol. The first-order valence-electron chi connectivity index (χ1n) is 5.88. The molecule has 0 atom stereocenters. The average Bonchev–Trinajstić information content (AvgIpc) is 2.42. The number of hydrogen-bond acceptors (Lipinski definition) is 5. The minimum absolute atomic E-state index is 0.0823. The smallest absolute Gasteiger partial charge is 0.341 e. The molecule has 0 radical (unpaired) electrons. The Kier molecular flexibility index (Phi) is 6.92. The first kappa shape index (κ1) is 16.4. The van der Waals surface area contributed by atoms with Gasteiger partial charge in [-0.15, -0.1) is 0 Å². The molecule has 1 aromatic rings. The molecule has 0 aliphatic rings. The van der Waals surface area contributed by atoms with Crippen molar-refractivity contribution in [3.05, 3.63) is 23.9 Å². The van der Waals surface area contributed by atoms with E-state index in [1.165, 1.54) is 18.3 Å². The minimum atomic E-state index is -2.69. The zero-order valence-corrected chi connectivity index (χ0v) is 11.6. The lowest BCUT2D eigenvalue weighted by Gasteiger charge is -2.08. The maximum Gasteiger partial charge on any atom is 0.341 e. The zero-order chi connectivity index (χ0) is 15.0. The molecule has 0 aliphatic heterocycles. The van der Waals surface area contributed by atoms with Gasteiger partial charge in [0.2, 0.25) is 0 Å². The zero-order valence-electron chi connectivity index (χ0n) is 10.8. The summed E-state index contributed by atoms with van der Waals surface area (Å²) in [6.07, 6.45) is 2.06. The second-order valence-corrected chi connectivity index (χ2v) is 4.64. The third-order valence-corrected chi connectivity index (χ3v) is 2.83. The van der Waals surface area contributed by atoms with Gasteiger partial charge in [-0.3, -0.25) is 4.79 Å². The van der Waals surface area contributed by atoms with Crippen LogP contribution in [0.2, 0.25) is 0 Å². The molecule has 0 bridgehead atoms. The molecular formula is C12H14F2N2O3S. The van der Waals surface area contributed by atoms with Gasteiger partial charge in [-0.25, -0.2) is 9.78 Å². The molecule has 0 aliphatic carbocycles. The number of rotatable bonds is 7. The molecule has 1 amide bonds. The second-order valence-electron chi connectivity index (χ2n) is 3.66. The van der Waals surface area contributed by atoms with Crippen molar-refractivity contribution < 1.29 is 23.1 Å². The van der Waals surface area contributed by atoms with E-state index < -0.39 is 24.2 Å². The summed E-state index contributed by atoms with van der Waals surface area (Å²) < 4.78 is 29.4. The summed E-state index contributed by atoms with van der Waals surface area (Å²) in [7, 11) is 0. The number of aromatic nitrogens is 1. The number of esters is 1. The number of pyridine rings is 1. The first-order valence-corrected chi connectivity index (χ1v) is 6.76. The van der Waals surface area contributed by atoms with E-state index in [-0.39, 0.29) is 22.4 Å². The van der Waals surface area contributed by atoms with Gasteiger partial charge in [-0.2, -0.15) is 8.78 Å². The number of carbonyl (C=O) groups is 2. The van der Waals surface area contributed by atoms with Crippen LogP contribution in [0.25, 0.3) is 0 Å². The molecule has 0 spiro atoms. The van der Waals surface area contributed by atoms with Gasteiger partial charge >= 0.3 is 5.97 Å². The summed E-state index contributed by atoms with van der Waals surface area (Å²) >= 11 is 0.156. The van der Waals surface area contributed by atoms with Crippen molar-refractivity contribution >= 4 is 23.6 Å². The van der Waals surface area contributed by atoms with Gasteiger partial charge < -0.3 is 10.1 Å². The fourth-order valence-electron chi connectivity index (χ4n) is 1.25. The summed E-state index contributed by atoms with van der Waals surface area (Å²) in [5.41, 5.74) is -0.0823. The fourth-order valence-corrected chi connectivity index (χ4v) is 1.82. The van der Waals surface area contributed by atoms with E-state index in [9.17, 15) is 18.4 Å². The molecule has 110 valence electrons. The topological polar surface area (TPSA) is 68.3 Å². The molecule has 0 saturated carbocycles. The van der Waals surface area contributed by atoms with E-state index in [4.69, 9.17) is 4.74 Å². The van der Waals surface area contributed by atoms with Crippen LogP contribution >= 0.6 is 11.8 Å². The van der Waals surface area contributed by atoms with E-state index in [2.05, 4.69) is 10.3 Å². The molecule has 0 fully saturated rings. The molecule has 1 rings (SSSR count). The first-order chi connectivity index (χ1) is 9.54. The molecule has 0 unspecified atom stereocenters. The van der Waals surface area contributed by atoms with E-state index in [1.54, 1.807) is 0 Å². The van der Waals surface area contributed by atoms with Gasteiger partial charge in [-0.1, -0.05) is 6.92 Å². The van der Waals surface area contributed by atoms with E-state index in [0.29, 0.717) is 6.54 Å². The normalized spacial score (nSPS) is 10.4. The lowest BCUT2D eigenvalue weighted by molar-refractivity contribution is -0.124. The third kappa shape index (κ3) is 5.52. The van der Waals surface area contributed by atoms with Crippen molar-refractivity contribution in [2.24, 2.45) is 0 Å². The van der Waals surface area contributed by atoms with Gasteiger partial charge in [0.15, 0.2) is 6.61 Å². The molecule has 1 aromatic heterocycles. The van der Waals surface area contributed by atoms with Gasteiger partial charge in [0.1, 0.15) is 5.03 Å². The lowest BCUT2D eigenvalue weighted by Crippen LogP contribution is -2.29. The Morgan fingerprint density at radius 3 is 2.90 bits per heavy atom. The molecule has 20 heavy (non-hydrogen) atoms. The predicted octanol–water partition coefficient (Wildman–Crippen LogP) is 2.08. The number of thioether (sulfide) groups is 1. The summed E-state index contributed by atoms with van der Waals surface area (Å²) in [6, 6.07) is 2.76. The number of hydrogen-bond donors (Lipinski definition) is 1. The van der Waals surface area contributed by atoms with Crippen molar-refractivity contribution in [1.82, 2.24) is 10.3 Å². The van der Waals surface area contributed by atoms with Crippen LogP contribution in [-0.2, 0) is 9.53 Å². The number of carbonyl (C=O) groups excluding carboxylic acids is 2. The Bertz CT molecular complexity index is 472. The summed E-state index contributed by atoms with van der Waals surface area (Å²) in [5, 5.41) is 2.41. The van der Waals surface area contributed by atoms with Crippen LogP contribution < -0.4 is 5.32 Å². The van der Waals surface area contributed by atoms with Crippen LogP contribution in [0.3, 0.4) is 0 Å². The van der Waals surface area contributed by atoms with Crippen LogP contribution in [-0.4, -0.2) is 35.8 Å². The molecule has 0 saturated heterocycles. The van der Waals surface area contributed by atoms with Crippen molar-refractivity contribution in [3.63, 3.8) is 0 Å². The van der Waals surface area contributed by atoms with Crippen LogP contribution in [0, 0.1) is 0 Å². The number of amides is 1. The Hall–Kier alpha value is -1.70. The molecule has 5 nitrogen and oxygen atoms in total. The molecule has 1 heterocycles. The number of halogens is 2. The van der Waals surface area contributed by atoms with Crippen molar-refractivity contribution in [3.8, 4) is 0 Å². The standard InChI is InChI=1S/C12H14F2N2O3S/c1-2-5-15-9(17)7-19-11(18)8-4-3-6-16-10(8)20-12(13)14/h3-4,6,12H,2,5,7H2,1H3,(H,15,17). The largest absolute Gasteiger partial charge is 0.452 e. The summed E-state index contributed by atoms with van der Waals surface area (Å²) in [6.45, 7) is 1.91. The number of nitrogens with one attached hydrogen (secondary N) is 1. The van der Waals surface area contributed by atoms with Crippen molar-refractivity contribution in [2.75, 3.05) is 13.2 Å². The highest BCUT2D eigenvalue weighted by Gasteiger charge is 2.18. The molecular weight excluding hydrogens is 290 g/mol. The SMILES string of the molecule is CCCNC(=O)COC(=O)c1cccnc1SC(F)F. The van der Waals surface area contributed by atoms with Crippen LogP contribution in [0.15, 0.2) is 23.4 Å². The monoisotopic (exact) mass is 304 g/mol.